The second-order valence-corrected chi connectivity index (χ2v) is 6.69. The van der Waals surface area contributed by atoms with Crippen LogP contribution in [0, 0.1) is 13.8 Å². The van der Waals surface area contributed by atoms with E-state index in [1.165, 1.54) is 13.2 Å². The number of hydrogen-bond acceptors (Lipinski definition) is 5. The summed E-state index contributed by atoms with van der Waals surface area (Å²) in [4.78, 5) is 10.9. The van der Waals surface area contributed by atoms with Crippen LogP contribution in [0.5, 0.6) is 5.75 Å². The Morgan fingerprint density at radius 2 is 1.74 bits per heavy atom. The van der Waals surface area contributed by atoms with Crippen LogP contribution in [0.25, 0.3) is 0 Å². The summed E-state index contributed by atoms with van der Waals surface area (Å²) >= 11 is 0. The summed E-state index contributed by atoms with van der Waals surface area (Å²) in [6.07, 6.45) is 0. The molecule has 0 heterocycles. The first-order chi connectivity index (χ1) is 10.7. The maximum absolute atomic E-state index is 12.5. The van der Waals surface area contributed by atoms with Crippen molar-refractivity contribution in [3.05, 3.63) is 53.1 Å². The fourth-order valence-electron chi connectivity index (χ4n) is 2.09. The molecule has 0 aliphatic heterocycles. The highest BCUT2D eigenvalue weighted by Crippen LogP contribution is 2.24. The molecule has 0 amide bonds. The predicted octanol–water partition coefficient (Wildman–Crippen LogP) is 1.48. The number of aromatic carboxylic acids is 1. The largest absolute Gasteiger partial charge is 0.545 e. The molecule has 2 aromatic rings. The number of benzene rings is 2. The Morgan fingerprint density at radius 3 is 2.26 bits per heavy atom. The predicted molar refractivity (Wildman–Crippen MR) is 84.0 cm³/mol. The summed E-state index contributed by atoms with van der Waals surface area (Å²) in [6, 6.07) is 8.84. The van der Waals surface area contributed by atoms with Crippen molar-refractivity contribution < 1.29 is 23.1 Å². The lowest BCUT2D eigenvalue weighted by atomic mass is 10.1. The van der Waals surface area contributed by atoms with E-state index in [1.807, 2.05) is 0 Å². The Kier molecular flexibility index (Phi) is 4.60. The molecule has 0 saturated carbocycles. The van der Waals surface area contributed by atoms with Crippen LogP contribution in [-0.2, 0) is 10.0 Å². The van der Waals surface area contributed by atoms with Crippen molar-refractivity contribution in [3.63, 3.8) is 0 Å². The van der Waals surface area contributed by atoms with Gasteiger partial charge in [-0.1, -0.05) is 0 Å². The van der Waals surface area contributed by atoms with Gasteiger partial charge in [0.1, 0.15) is 5.75 Å². The normalized spacial score (nSPS) is 11.1. The summed E-state index contributed by atoms with van der Waals surface area (Å²) < 4.78 is 32.5. The number of sulfonamides is 1. The van der Waals surface area contributed by atoms with Crippen LogP contribution in [0.15, 0.2) is 41.3 Å². The number of rotatable bonds is 5. The van der Waals surface area contributed by atoms with Gasteiger partial charge in [-0.25, -0.2) is 8.42 Å². The third-order valence-electron chi connectivity index (χ3n) is 3.49. The molecule has 23 heavy (non-hydrogen) atoms. The fraction of sp³-hybridized carbons (Fsp3) is 0.188. The zero-order valence-corrected chi connectivity index (χ0v) is 13.7. The van der Waals surface area contributed by atoms with Crippen molar-refractivity contribution in [2.24, 2.45) is 0 Å². The van der Waals surface area contributed by atoms with Crippen molar-refractivity contribution >= 4 is 21.7 Å². The van der Waals surface area contributed by atoms with Crippen LogP contribution in [0.4, 0.5) is 5.69 Å². The zero-order chi connectivity index (χ0) is 17.2. The molecule has 0 fully saturated rings. The SMILES string of the molecule is COc1ccc(NS(=O)(=O)c2cc(C(=O)[O-])cc(C)c2C)cc1. The number of carbonyl (C=O) groups excluding carboxylic acids is 1. The average molecular weight is 334 g/mol. The molecule has 0 bridgehead atoms. The van der Waals surface area contributed by atoms with Gasteiger partial charge in [-0.3, -0.25) is 4.72 Å². The zero-order valence-electron chi connectivity index (χ0n) is 12.9. The molecule has 0 spiro atoms. The Balaban J connectivity index is 2.44. The van der Waals surface area contributed by atoms with Gasteiger partial charge in [0.05, 0.1) is 18.0 Å². The minimum Gasteiger partial charge on any atom is -0.545 e. The molecular formula is C16H16NO5S-. The number of methoxy groups -OCH3 is 1. The monoisotopic (exact) mass is 334 g/mol. The number of anilines is 1. The van der Waals surface area contributed by atoms with Gasteiger partial charge in [0.25, 0.3) is 10.0 Å². The van der Waals surface area contributed by atoms with Gasteiger partial charge in [0.15, 0.2) is 0 Å². The average Bonchev–Trinajstić information content (AvgIpc) is 2.49. The Morgan fingerprint density at radius 1 is 1.13 bits per heavy atom. The van der Waals surface area contributed by atoms with Gasteiger partial charge in [-0.05, 0) is 66.9 Å². The number of nitrogens with one attached hydrogen (secondary N) is 1. The smallest absolute Gasteiger partial charge is 0.262 e. The molecule has 1 N–H and O–H groups in total. The minimum atomic E-state index is -3.92. The topological polar surface area (TPSA) is 95.5 Å². The first-order valence-electron chi connectivity index (χ1n) is 6.74. The van der Waals surface area contributed by atoms with Crippen molar-refractivity contribution in [2.75, 3.05) is 11.8 Å². The lowest BCUT2D eigenvalue weighted by molar-refractivity contribution is -0.255. The van der Waals surface area contributed by atoms with E-state index in [1.54, 1.807) is 38.1 Å². The highest BCUT2D eigenvalue weighted by molar-refractivity contribution is 7.92. The molecule has 0 atom stereocenters. The molecule has 0 aliphatic carbocycles. The minimum absolute atomic E-state index is 0.0903. The number of carbonyl (C=O) groups is 1. The van der Waals surface area contributed by atoms with Crippen LogP contribution in [0.3, 0.4) is 0 Å². The van der Waals surface area contributed by atoms with Gasteiger partial charge < -0.3 is 14.6 Å². The molecule has 0 aliphatic rings. The summed E-state index contributed by atoms with van der Waals surface area (Å²) in [5, 5.41) is 11.0. The van der Waals surface area contributed by atoms with Gasteiger partial charge in [-0.15, -0.1) is 0 Å². The van der Waals surface area contributed by atoms with Crippen LogP contribution in [-0.4, -0.2) is 21.5 Å². The second kappa shape index (κ2) is 6.29. The number of hydrogen-bond donors (Lipinski definition) is 1. The van der Waals surface area contributed by atoms with Gasteiger partial charge >= 0.3 is 0 Å². The van der Waals surface area contributed by atoms with Crippen LogP contribution in [0.2, 0.25) is 0 Å². The summed E-state index contributed by atoms with van der Waals surface area (Å²) in [5.41, 5.74) is 1.21. The van der Waals surface area contributed by atoms with Gasteiger partial charge in [0.2, 0.25) is 0 Å². The highest BCUT2D eigenvalue weighted by atomic mass is 32.2. The summed E-state index contributed by atoms with van der Waals surface area (Å²) in [6.45, 7) is 3.27. The van der Waals surface area contributed by atoms with E-state index >= 15 is 0 Å². The van der Waals surface area contributed by atoms with E-state index in [0.29, 0.717) is 22.6 Å². The van der Waals surface area contributed by atoms with E-state index in [9.17, 15) is 18.3 Å². The number of aryl methyl sites for hydroxylation is 1. The van der Waals surface area contributed by atoms with Gasteiger partial charge in [0, 0.05) is 5.69 Å². The quantitative estimate of drug-likeness (QED) is 0.893. The van der Waals surface area contributed by atoms with E-state index in [4.69, 9.17) is 4.74 Å². The first-order valence-corrected chi connectivity index (χ1v) is 8.22. The molecule has 7 heteroatoms. The van der Waals surface area contributed by atoms with Crippen molar-refractivity contribution in [2.45, 2.75) is 18.7 Å². The van der Waals surface area contributed by atoms with Crippen LogP contribution >= 0.6 is 0 Å². The van der Waals surface area contributed by atoms with E-state index < -0.39 is 16.0 Å². The Labute approximate surface area is 134 Å². The molecule has 0 radical (unpaired) electrons. The lowest BCUT2D eigenvalue weighted by Crippen LogP contribution is -2.23. The summed E-state index contributed by atoms with van der Waals surface area (Å²) in [5.74, 6) is -0.826. The van der Waals surface area contributed by atoms with E-state index in [-0.39, 0.29) is 10.5 Å². The van der Waals surface area contributed by atoms with E-state index in [0.717, 1.165) is 6.07 Å². The molecule has 0 saturated heterocycles. The second-order valence-electron chi connectivity index (χ2n) is 5.04. The van der Waals surface area contributed by atoms with Crippen molar-refractivity contribution in [1.82, 2.24) is 0 Å². The maximum Gasteiger partial charge on any atom is 0.262 e. The van der Waals surface area contributed by atoms with Crippen LogP contribution < -0.4 is 14.6 Å². The third-order valence-corrected chi connectivity index (χ3v) is 4.99. The molecule has 0 unspecified atom stereocenters. The lowest BCUT2D eigenvalue weighted by Gasteiger charge is -2.15. The van der Waals surface area contributed by atoms with Crippen molar-refractivity contribution in [1.29, 1.82) is 0 Å². The van der Waals surface area contributed by atoms with Crippen molar-refractivity contribution in [3.8, 4) is 5.75 Å². The number of carboxylic acids is 1. The maximum atomic E-state index is 12.5. The summed E-state index contributed by atoms with van der Waals surface area (Å²) in [7, 11) is -2.41. The Bertz CT molecular complexity index is 842. The Hall–Kier alpha value is -2.54. The number of carboxylic acid groups (broad SMARTS) is 1. The van der Waals surface area contributed by atoms with E-state index in [2.05, 4.69) is 4.72 Å². The van der Waals surface area contributed by atoms with Crippen LogP contribution in [0.1, 0.15) is 21.5 Å². The fourth-order valence-corrected chi connectivity index (χ4v) is 3.50. The third kappa shape index (κ3) is 3.62. The molecule has 6 nitrogen and oxygen atoms in total. The molecular weight excluding hydrogens is 318 g/mol. The highest BCUT2D eigenvalue weighted by Gasteiger charge is 2.19. The standard InChI is InChI=1S/C16H17NO5S/c1-10-8-12(16(18)19)9-15(11(10)2)23(20,21)17-13-4-6-14(22-3)7-5-13/h4-9,17H,1-3H3,(H,18,19)/p-1. The molecule has 2 rings (SSSR count). The first kappa shape index (κ1) is 16.8. The molecule has 122 valence electrons. The molecule has 0 aromatic heterocycles. The molecule has 2 aromatic carbocycles. The van der Waals surface area contributed by atoms with Gasteiger partial charge in [-0.2, -0.15) is 0 Å². The number of ether oxygens (including phenoxy) is 1.